The van der Waals surface area contributed by atoms with Gasteiger partial charge >= 0.3 is 5.97 Å². The average Bonchev–Trinajstić information content (AvgIpc) is 3.39. The second-order valence-corrected chi connectivity index (χ2v) is 22.4. The van der Waals surface area contributed by atoms with Crippen LogP contribution in [0.1, 0.15) is 354 Å². The predicted octanol–water partition coefficient (Wildman–Crippen LogP) is 20.8. The Balaban J connectivity index is 3.43. The van der Waals surface area contributed by atoms with Gasteiger partial charge in [-0.25, -0.2) is 0 Å². The van der Waals surface area contributed by atoms with E-state index in [1.165, 1.54) is 270 Å². The number of allylic oxidation sites excluding steroid dienone is 6. The summed E-state index contributed by atoms with van der Waals surface area (Å²) in [5.41, 5.74) is 0. The van der Waals surface area contributed by atoms with Crippen LogP contribution in [-0.4, -0.2) is 47.4 Å². The molecular formula is C67H127NO5. The van der Waals surface area contributed by atoms with E-state index in [1.807, 2.05) is 0 Å². The molecule has 2 unspecified atom stereocenters. The highest BCUT2D eigenvalue weighted by Crippen LogP contribution is 2.18. The highest BCUT2D eigenvalue weighted by molar-refractivity contribution is 5.76. The first-order chi connectivity index (χ1) is 36.0. The van der Waals surface area contributed by atoms with Crippen LogP contribution in [0.5, 0.6) is 0 Å². The number of unbranched alkanes of at least 4 members (excludes halogenated alkanes) is 44. The zero-order chi connectivity index (χ0) is 52.9. The molecule has 0 saturated carbocycles. The van der Waals surface area contributed by atoms with Crippen LogP contribution >= 0.6 is 0 Å². The van der Waals surface area contributed by atoms with Crippen LogP contribution in [-0.2, 0) is 14.3 Å². The Kier molecular flexibility index (Phi) is 61.0. The van der Waals surface area contributed by atoms with Crippen LogP contribution in [0.2, 0.25) is 0 Å². The molecule has 0 aromatic rings. The summed E-state index contributed by atoms with van der Waals surface area (Å²) in [4.78, 5) is 24.6. The number of ether oxygens (including phenoxy) is 1. The lowest BCUT2D eigenvalue weighted by molar-refractivity contribution is -0.143. The number of aliphatic hydroxyl groups is 2. The Morgan fingerprint density at radius 1 is 0.384 bits per heavy atom. The van der Waals surface area contributed by atoms with Crippen molar-refractivity contribution >= 4 is 11.9 Å². The number of hydrogen-bond donors (Lipinski definition) is 3. The molecule has 0 bridgehead atoms. The van der Waals surface area contributed by atoms with Gasteiger partial charge in [-0.2, -0.15) is 0 Å². The number of nitrogens with one attached hydrogen (secondary N) is 1. The molecule has 0 aromatic carbocycles. The molecule has 0 aliphatic heterocycles. The van der Waals surface area contributed by atoms with Gasteiger partial charge in [-0.3, -0.25) is 9.59 Å². The molecule has 0 heterocycles. The lowest BCUT2D eigenvalue weighted by Crippen LogP contribution is -2.45. The zero-order valence-electron chi connectivity index (χ0n) is 49.1. The van der Waals surface area contributed by atoms with Crippen molar-refractivity contribution in [1.82, 2.24) is 5.32 Å². The first-order valence-electron chi connectivity index (χ1n) is 32.7. The molecule has 6 nitrogen and oxygen atoms in total. The van der Waals surface area contributed by atoms with Gasteiger partial charge in [-0.05, 0) is 77.0 Å². The summed E-state index contributed by atoms with van der Waals surface area (Å²) in [6.45, 7) is 4.92. The molecule has 0 aromatic heterocycles. The van der Waals surface area contributed by atoms with E-state index in [0.29, 0.717) is 25.9 Å². The summed E-state index contributed by atoms with van der Waals surface area (Å²) in [6.07, 6.45) is 78.8. The topological polar surface area (TPSA) is 95.9 Å². The summed E-state index contributed by atoms with van der Waals surface area (Å²) in [5, 5.41) is 23.4. The normalized spacial score (nSPS) is 12.8. The molecule has 1 amide bonds. The Morgan fingerprint density at radius 2 is 0.699 bits per heavy atom. The molecule has 0 saturated heterocycles. The van der Waals surface area contributed by atoms with Gasteiger partial charge in [0.25, 0.3) is 0 Å². The molecule has 2 atom stereocenters. The van der Waals surface area contributed by atoms with Gasteiger partial charge in [0.15, 0.2) is 0 Å². The highest BCUT2D eigenvalue weighted by atomic mass is 16.5. The van der Waals surface area contributed by atoms with Crippen molar-refractivity contribution in [3.63, 3.8) is 0 Å². The van der Waals surface area contributed by atoms with Gasteiger partial charge < -0.3 is 20.3 Å². The standard InChI is InChI=1S/C67H127NO5/c1-3-5-7-9-11-13-15-17-19-20-21-26-29-32-35-39-43-47-51-55-59-65(70)64(63-69)68-66(71)60-56-52-48-44-40-36-33-30-27-24-22-23-25-28-31-34-38-42-46-50-54-58-62-73-67(72)61-57-53-49-45-41-37-18-16-14-12-10-8-6-4-2/h10,12,16,18,24,27,64-65,69-70H,3-9,11,13-15,17,19-23,25-26,28-63H2,1-2H3,(H,68,71)/b12-10-,18-16-,27-24-. The molecule has 0 fully saturated rings. The van der Waals surface area contributed by atoms with E-state index in [0.717, 1.165) is 51.4 Å². The minimum Gasteiger partial charge on any atom is -0.466 e. The van der Waals surface area contributed by atoms with E-state index >= 15 is 0 Å². The molecular weight excluding hydrogens is 899 g/mol. The maximum Gasteiger partial charge on any atom is 0.305 e. The Labute approximate surface area is 455 Å². The summed E-state index contributed by atoms with van der Waals surface area (Å²) in [7, 11) is 0. The van der Waals surface area contributed by atoms with Gasteiger partial charge in [0, 0.05) is 12.8 Å². The predicted molar refractivity (Wildman–Crippen MR) is 319 cm³/mol. The van der Waals surface area contributed by atoms with Crippen LogP contribution in [0, 0.1) is 0 Å². The third-order valence-corrected chi connectivity index (χ3v) is 15.2. The van der Waals surface area contributed by atoms with Gasteiger partial charge in [0.1, 0.15) is 0 Å². The highest BCUT2D eigenvalue weighted by Gasteiger charge is 2.20. The number of rotatable bonds is 61. The van der Waals surface area contributed by atoms with Crippen LogP contribution in [0.25, 0.3) is 0 Å². The maximum absolute atomic E-state index is 12.5. The first kappa shape index (κ1) is 71.1. The van der Waals surface area contributed by atoms with Crippen molar-refractivity contribution in [2.24, 2.45) is 0 Å². The molecule has 0 spiro atoms. The van der Waals surface area contributed by atoms with E-state index in [2.05, 4.69) is 55.6 Å². The number of carbonyl (C=O) groups is 2. The van der Waals surface area contributed by atoms with E-state index in [4.69, 9.17) is 4.74 Å². The second-order valence-electron chi connectivity index (χ2n) is 22.4. The molecule has 0 rings (SSSR count). The van der Waals surface area contributed by atoms with E-state index in [-0.39, 0.29) is 18.5 Å². The van der Waals surface area contributed by atoms with E-state index in [9.17, 15) is 19.8 Å². The van der Waals surface area contributed by atoms with Crippen LogP contribution in [0.4, 0.5) is 0 Å². The molecule has 430 valence electrons. The van der Waals surface area contributed by atoms with Gasteiger partial charge in [-0.15, -0.1) is 0 Å². The quantitative estimate of drug-likeness (QED) is 0.0320. The van der Waals surface area contributed by atoms with Gasteiger partial charge in [-0.1, -0.05) is 301 Å². The smallest absolute Gasteiger partial charge is 0.305 e. The monoisotopic (exact) mass is 1030 g/mol. The number of amides is 1. The van der Waals surface area contributed by atoms with Gasteiger partial charge in [0.2, 0.25) is 5.91 Å². The molecule has 6 heteroatoms. The zero-order valence-corrected chi connectivity index (χ0v) is 49.1. The van der Waals surface area contributed by atoms with Crippen molar-refractivity contribution in [3.05, 3.63) is 36.5 Å². The molecule has 0 aliphatic carbocycles. The molecule has 0 radical (unpaired) electrons. The number of carbonyl (C=O) groups excluding carboxylic acids is 2. The summed E-state index contributed by atoms with van der Waals surface area (Å²) in [5.74, 6) is -0.0435. The molecule has 73 heavy (non-hydrogen) atoms. The van der Waals surface area contributed by atoms with Gasteiger partial charge in [0.05, 0.1) is 25.4 Å². The summed E-state index contributed by atoms with van der Waals surface area (Å²) in [6, 6.07) is -0.548. The second kappa shape index (κ2) is 62.6. The fraction of sp³-hybridized carbons (Fsp3) is 0.881. The van der Waals surface area contributed by atoms with Crippen molar-refractivity contribution in [2.45, 2.75) is 366 Å². The lowest BCUT2D eigenvalue weighted by atomic mass is 10.0. The Morgan fingerprint density at radius 3 is 1.10 bits per heavy atom. The van der Waals surface area contributed by atoms with Crippen molar-refractivity contribution in [3.8, 4) is 0 Å². The molecule has 3 N–H and O–H groups in total. The van der Waals surface area contributed by atoms with E-state index < -0.39 is 12.1 Å². The van der Waals surface area contributed by atoms with Crippen molar-refractivity contribution in [1.29, 1.82) is 0 Å². The summed E-state index contributed by atoms with van der Waals surface area (Å²) >= 11 is 0. The Hall–Kier alpha value is -1.92. The Bertz CT molecular complexity index is 1180. The average molecular weight is 1030 g/mol. The fourth-order valence-electron chi connectivity index (χ4n) is 10.1. The number of hydrogen-bond acceptors (Lipinski definition) is 5. The maximum atomic E-state index is 12.5. The number of esters is 1. The van der Waals surface area contributed by atoms with Crippen LogP contribution < -0.4 is 5.32 Å². The third-order valence-electron chi connectivity index (χ3n) is 15.2. The molecule has 0 aliphatic rings. The summed E-state index contributed by atoms with van der Waals surface area (Å²) < 4.78 is 5.47. The minimum absolute atomic E-state index is 0.00434. The first-order valence-corrected chi connectivity index (χ1v) is 32.7. The SMILES string of the molecule is CCCC/C=C\C/C=C\CCCCCCCC(=O)OCCCCCCCCCCCCC/C=C\CCCCCCCCCC(=O)NC(CO)C(O)CCCCCCCCCCCCCCCCCCCCCC. The third kappa shape index (κ3) is 59.2. The lowest BCUT2D eigenvalue weighted by Gasteiger charge is -2.22. The van der Waals surface area contributed by atoms with E-state index in [1.54, 1.807) is 0 Å². The fourth-order valence-corrected chi connectivity index (χ4v) is 10.1. The van der Waals surface area contributed by atoms with Crippen LogP contribution in [0.15, 0.2) is 36.5 Å². The van der Waals surface area contributed by atoms with Crippen LogP contribution in [0.3, 0.4) is 0 Å². The van der Waals surface area contributed by atoms with Crippen molar-refractivity contribution in [2.75, 3.05) is 13.2 Å². The largest absolute Gasteiger partial charge is 0.466 e. The minimum atomic E-state index is -0.670. The van der Waals surface area contributed by atoms with Crippen molar-refractivity contribution < 1.29 is 24.5 Å². The number of aliphatic hydroxyl groups excluding tert-OH is 2.